The average molecular weight is 314 g/mol. The van der Waals surface area contributed by atoms with Crippen LogP contribution in [0.1, 0.15) is 5.56 Å². The molecule has 0 aliphatic carbocycles. The number of aliphatic hydroxyl groups excluding tert-OH is 1. The summed E-state index contributed by atoms with van der Waals surface area (Å²) in [5.74, 6) is -0.672. The molecule has 0 aliphatic heterocycles. The van der Waals surface area contributed by atoms with Gasteiger partial charge in [-0.25, -0.2) is 0 Å². The van der Waals surface area contributed by atoms with E-state index in [1.807, 2.05) is 0 Å². The third-order valence-electron chi connectivity index (χ3n) is 1.77. The van der Waals surface area contributed by atoms with Gasteiger partial charge in [0.2, 0.25) is 0 Å². The summed E-state index contributed by atoms with van der Waals surface area (Å²) in [4.78, 5) is 21.9. The largest absolute Gasteiger partial charge is 0.506 e. The summed E-state index contributed by atoms with van der Waals surface area (Å²) in [7, 11) is 0. The minimum atomic E-state index is -1.17. The van der Waals surface area contributed by atoms with Gasteiger partial charge in [0.15, 0.2) is 0 Å². The average Bonchev–Trinajstić information content (AvgIpc) is 2.14. The Kier molecular flexibility index (Phi) is 4.83. The van der Waals surface area contributed by atoms with Gasteiger partial charge in [-0.15, -0.1) is 0 Å². The van der Waals surface area contributed by atoms with Gasteiger partial charge in [0.05, 0.1) is 0 Å². The second-order valence-corrected chi connectivity index (χ2v) is 4.49. The van der Waals surface area contributed by atoms with Gasteiger partial charge in [0.1, 0.15) is 11.3 Å². The predicted octanol–water partition coefficient (Wildman–Crippen LogP) is 3.79. The molecule has 0 saturated carbocycles. The molecule has 0 heterocycles. The summed E-state index contributed by atoms with van der Waals surface area (Å²) in [6, 6.07) is 4.04. The quantitative estimate of drug-likeness (QED) is 0.304. The van der Waals surface area contributed by atoms with Crippen LogP contribution in [-0.2, 0) is 9.59 Å². The van der Waals surface area contributed by atoms with Crippen LogP contribution in [0.15, 0.2) is 23.8 Å². The summed E-state index contributed by atoms with van der Waals surface area (Å²) in [5.41, 5.74) is -0.660. The minimum absolute atomic E-state index is 0.0699. The Bertz CT molecular complexity index is 486. The molecule has 1 N–H and O–H groups in total. The monoisotopic (exact) mass is 312 g/mol. The Morgan fingerprint density at radius 3 is 1.71 bits per heavy atom. The molecule has 0 aromatic heterocycles. The molecule has 7 heteroatoms. The molecule has 90 valence electrons. The first-order valence-corrected chi connectivity index (χ1v) is 5.63. The van der Waals surface area contributed by atoms with Crippen LogP contribution in [-0.4, -0.2) is 15.6 Å². The van der Waals surface area contributed by atoms with Gasteiger partial charge < -0.3 is 5.11 Å². The van der Waals surface area contributed by atoms with Gasteiger partial charge in [-0.3, -0.25) is 9.59 Å². The van der Waals surface area contributed by atoms with E-state index in [-0.39, 0.29) is 15.6 Å². The van der Waals surface area contributed by atoms with Gasteiger partial charge >= 0.3 is 0 Å². The van der Waals surface area contributed by atoms with Crippen LogP contribution in [0.2, 0.25) is 10.0 Å². The van der Waals surface area contributed by atoms with Gasteiger partial charge in [0.25, 0.3) is 10.5 Å². The van der Waals surface area contributed by atoms with Crippen molar-refractivity contribution in [3.63, 3.8) is 0 Å². The second-order valence-electron chi connectivity index (χ2n) is 2.93. The lowest BCUT2D eigenvalue weighted by atomic mass is 10.1. The van der Waals surface area contributed by atoms with E-state index in [1.165, 1.54) is 18.2 Å². The third-order valence-corrected chi connectivity index (χ3v) is 2.58. The number of aliphatic hydroxyl groups is 1. The molecule has 0 radical (unpaired) electrons. The zero-order valence-electron chi connectivity index (χ0n) is 8.01. The summed E-state index contributed by atoms with van der Waals surface area (Å²) < 4.78 is 0. The summed E-state index contributed by atoms with van der Waals surface area (Å²) in [6.45, 7) is 0. The molecule has 1 aromatic carbocycles. The van der Waals surface area contributed by atoms with E-state index in [0.29, 0.717) is 0 Å². The first-order chi connectivity index (χ1) is 7.82. The first-order valence-electron chi connectivity index (χ1n) is 4.12. The SMILES string of the molecule is O=C(Cl)C(C(=O)Cl)=C(O)c1cc(Cl)cc(Cl)c1. The second kappa shape index (κ2) is 5.74. The van der Waals surface area contributed by atoms with Crippen molar-refractivity contribution in [1.82, 2.24) is 0 Å². The van der Waals surface area contributed by atoms with Crippen LogP contribution in [0.4, 0.5) is 0 Å². The van der Waals surface area contributed by atoms with Crippen molar-refractivity contribution in [3.8, 4) is 0 Å². The molecule has 0 spiro atoms. The maximum Gasteiger partial charge on any atom is 0.261 e. The van der Waals surface area contributed by atoms with Crippen molar-refractivity contribution >= 4 is 62.6 Å². The molecule has 0 aliphatic rings. The molecule has 0 amide bonds. The van der Waals surface area contributed by atoms with Crippen LogP contribution < -0.4 is 0 Å². The molecule has 17 heavy (non-hydrogen) atoms. The van der Waals surface area contributed by atoms with E-state index in [0.717, 1.165) is 0 Å². The zero-order chi connectivity index (χ0) is 13.2. The van der Waals surface area contributed by atoms with E-state index >= 15 is 0 Å². The summed E-state index contributed by atoms with van der Waals surface area (Å²) >= 11 is 21.7. The molecule has 3 nitrogen and oxygen atoms in total. The number of carbonyl (C=O) groups is 2. The van der Waals surface area contributed by atoms with Crippen LogP contribution in [0.25, 0.3) is 5.76 Å². The highest BCUT2D eigenvalue weighted by atomic mass is 35.5. The topological polar surface area (TPSA) is 54.4 Å². The van der Waals surface area contributed by atoms with E-state index in [1.54, 1.807) is 0 Å². The first kappa shape index (κ1) is 14.3. The summed E-state index contributed by atoms with van der Waals surface area (Å²) in [6.07, 6.45) is 0. The minimum Gasteiger partial charge on any atom is -0.506 e. The normalized spacial score (nSPS) is 9.88. The smallest absolute Gasteiger partial charge is 0.261 e. The van der Waals surface area contributed by atoms with Crippen molar-refractivity contribution < 1.29 is 14.7 Å². The van der Waals surface area contributed by atoms with Crippen LogP contribution >= 0.6 is 46.4 Å². The Morgan fingerprint density at radius 2 is 1.35 bits per heavy atom. The zero-order valence-corrected chi connectivity index (χ0v) is 11.0. The van der Waals surface area contributed by atoms with Crippen molar-refractivity contribution in [1.29, 1.82) is 0 Å². The fourth-order valence-electron chi connectivity index (χ4n) is 1.10. The third kappa shape index (κ3) is 3.61. The van der Waals surface area contributed by atoms with Gasteiger partial charge in [-0.1, -0.05) is 23.2 Å². The summed E-state index contributed by atoms with van der Waals surface area (Å²) in [5, 5.41) is 7.83. The molecule has 1 aromatic rings. The maximum absolute atomic E-state index is 10.9. The Morgan fingerprint density at radius 1 is 0.941 bits per heavy atom. The standard InChI is InChI=1S/C10H4Cl4O3/c11-5-1-4(2-6(12)3-5)8(15)7(9(13)16)10(14)17/h1-3,15H. The molecule has 0 saturated heterocycles. The highest BCUT2D eigenvalue weighted by Gasteiger charge is 2.21. The van der Waals surface area contributed by atoms with Gasteiger partial charge in [-0.05, 0) is 41.4 Å². The number of hydrogen-bond acceptors (Lipinski definition) is 3. The van der Waals surface area contributed by atoms with E-state index in [9.17, 15) is 14.7 Å². The maximum atomic E-state index is 10.9. The van der Waals surface area contributed by atoms with Crippen molar-refractivity contribution in [2.24, 2.45) is 0 Å². The molecular formula is C10H4Cl4O3. The molecule has 0 unspecified atom stereocenters. The highest BCUT2D eigenvalue weighted by molar-refractivity contribution is 6.80. The van der Waals surface area contributed by atoms with Crippen LogP contribution in [0, 0.1) is 0 Å². The fourth-order valence-corrected chi connectivity index (χ4v) is 2.02. The number of hydrogen-bond donors (Lipinski definition) is 1. The van der Waals surface area contributed by atoms with Crippen LogP contribution in [0.3, 0.4) is 0 Å². The number of allylic oxidation sites excluding steroid dienone is 1. The Hall–Kier alpha value is -0.740. The van der Waals surface area contributed by atoms with Gasteiger partial charge in [-0.2, -0.15) is 0 Å². The number of halogens is 4. The van der Waals surface area contributed by atoms with Crippen molar-refractivity contribution in [2.75, 3.05) is 0 Å². The lowest BCUT2D eigenvalue weighted by Crippen LogP contribution is -2.06. The number of carbonyl (C=O) groups excluding carboxylic acids is 2. The number of benzene rings is 1. The lowest BCUT2D eigenvalue weighted by Gasteiger charge is -2.05. The molecule has 1 rings (SSSR count). The number of rotatable bonds is 3. The van der Waals surface area contributed by atoms with E-state index in [2.05, 4.69) is 0 Å². The molecular weight excluding hydrogens is 310 g/mol. The lowest BCUT2D eigenvalue weighted by molar-refractivity contribution is -0.113. The van der Waals surface area contributed by atoms with Crippen LogP contribution in [0.5, 0.6) is 0 Å². The van der Waals surface area contributed by atoms with E-state index < -0.39 is 21.8 Å². The van der Waals surface area contributed by atoms with E-state index in [4.69, 9.17) is 46.4 Å². The highest BCUT2D eigenvalue weighted by Crippen LogP contribution is 2.26. The van der Waals surface area contributed by atoms with Gasteiger partial charge in [0, 0.05) is 15.6 Å². The Balaban J connectivity index is 3.44. The molecule has 0 fully saturated rings. The van der Waals surface area contributed by atoms with Crippen molar-refractivity contribution in [3.05, 3.63) is 39.4 Å². The molecule has 0 bridgehead atoms. The fraction of sp³-hybridized carbons (Fsp3) is 0. The van der Waals surface area contributed by atoms with Crippen molar-refractivity contribution in [2.45, 2.75) is 0 Å². The Labute approximate surface area is 117 Å². The predicted molar refractivity (Wildman–Crippen MR) is 67.7 cm³/mol. The molecule has 0 atom stereocenters.